The summed E-state index contributed by atoms with van der Waals surface area (Å²) in [6.45, 7) is 4.75. The van der Waals surface area contributed by atoms with E-state index in [2.05, 4.69) is 34.1 Å². The van der Waals surface area contributed by atoms with Gasteiger partial charge >= 0.3 is 5.97 Å². The number of nitrogens with zero attached hydrogens (tertiary/aromatic N) is 2. The maximum atomic E-state index is 11.3. The molecule has 0 aromatic heterocycles. The van der Waals surface area contributed by atoms with Crippen molar-refractivity contribution in [3.05, 3.63) is 29.8 Å². The van der Waals surface area contributed by atoms with Crippen LogP contribution < -0.4 is 4.90 Å². The van der Waals surface area contributed by atoms with E-state index in [9.17, 15) is 4.79 Å². The Bertz CT molecular complexity index is 457. The summed E-state index contributed by atoms with van der Waals surface area (Å²) < 4.78 is 9.90. The molecule has 1 heterocycles. The normalized spacial score (nSPS) is 16.0. The zero-order valence-electron chi connectivity index (χ0n) is 12.9. The van der Waals surface area contributed by atoms with Crippen molar-refractivity contribution in [1.82, 2.24) is 4.90 Å². The number of esters is 1. The average molecular weight is 292 g/mol. The minimum Gasteiger partial charge on any atom is -0.468 e. The number of anilines is 1. The summed E-state index contributed by atoms with van der Waals surface area (Å²) in [5, 5.41) is 0. The van der Waals surface area contributed by atoms with E-state index in [1.54, 1.807) is 7.11 Å². The van der Waals surface area contributed by atoms with Crippen molar-refractivity contribution in [3.63, 3.8) is 0 Å². The summed E-state index contributed by atoms with van der Waals surface area (Å²) in [6.07, 6.45) is 0.926. The van der Waals surface area contributed by atoms with Gasteiger partial charge in [-0.2, -0.15) is 0 Å². The van der Waals surface area contributed by atoms with Gasteiger partial charge in [0.15, 0.2) is 0 Å². The fourth-order valence-electron chi connectivity index (χ4n) is 2.64. The van der Waals surface area contributed by atoms with Gasteiger partial charge in [0.25, 0.3) is 0 Å². The van der Waals surface area contributed by atoms with Gasteiger partial charge < -0.3 is 14.4 Å². The van der Waals surface area contributed by atoms with E-state index in [4.69, 9.17) is 9.47 Å². The quantitative estimate of drug-likeness (QED) is 0.736. The van der Waals surface area contributed by atoms with Gasteiger partial charge in [-0.3, -0.25) is 9.69 Å². The van der Waals surface area contributed by atoms with Crippen LogP contribution in [-0.4, -0.2) is 64.4 Å². The molecule has 0 bridgehead atoms. The Morgan fingerprint density at radius 2 is 1.86 bits per heavy atom. The molecule has 0 atom stereocenters. The first-order valence-corrected chi connectivity index (χ1v) is 7.35. The number of ether oxygens (including phenoxy) is 2. The Kier molecular flexibility index (Phi) is 6.02. The standard InChI is InChI=1S/C16H24N2O3/c1-20-12-7-14-5-3-4-6-15(14)18-10-8-17(9-11-18)13-16(19)21-2/h3-6H,7-13H2,1-2H3. The van der Waals surface area contributed by atoms with Crippen LogP contribution in [0.2, 0.25) is 0 Å². The molecular formula is C16H24N2O3. The number of benzene rings is 1. The highest BCUT2D eigenvalue weighted by atomic mass is 16.5. The van der Waals surface area contributed by atoms with Crippen molar-refractivity contribution in [2.24, 2.45) is 0 Å². The molecule has 0 N–H and O–H groups in total. The van der Waals surface area contributed by atoms with Crippen LogP contribution in [0, 0.1) is 0 Å². The molecule has 0 spiro atoms. The third kappa shape index (κ3) is 4.44. The first-order valence-electron chi connectivity index (χ1n) is 7.35. The van der Waals surface area contributed by atoms with E-state index in [1.165, 1.54) is 18.4 Å². The van der Waals surface area contributed by atoms with Gasteiger partial charge in [0.05, 0.1) is 20.3 Å². The molecule has 2 rings (SSSR count). The summed E-state index contributed by atoms with van der Waals surface area (Å²) in [5.74, 6) is -0.163. The zero-order chi connectivity index (χ0) is 15.1. The molecule has 1 aliphatic rings. The molecular weight excluding hydrogens is 268 g/mol. The van der Waals surface area contributed by atoms with Crippen molar-refractivity contribution in [3.8, 4) is 0 Å². The fraction of sp³-hybridized carbons (Fsp3) is 0.562. The van der Waals surface area contributed by atoms with Gasteiger partial charge in [-0.1, -0.05) is 18.2 Å². The van der Waals surface area contributed by atoms with Gasteiger partial charge in [0, 0.05) is 39.0 Å². The lowest BCUT2D eigenvalue weighted by atomic mass is 10.1. The topological polar surface area (TPSA) is 42.0 Å². The lowest BCUT2D eigenvalue weighted by Crippen LogP contribution is -2.48. The molecule has 0 unspecified atom stereocenters. The molecule has 116 valence electrons. The largest absolute Gasteiger partial charge is 0.468 e. The molecule has 0 aliphatic carbocycles. The van der Waals surface area contributed by atoms with Crippen LogP contribution in [0.25, 0.3) is 0 Å². The van der Waals surface area contributed by atoms with Gasteiger partial charge in [-0.05, 0) is 18.1 Å². The SMILES string of the molecule is COCCc1ccccc1N1CCN(CC(=O)OC)CC1. The molecule has 1 aliphatic heterocycles. The summed E-state index contributed by atoms with van der Waals surface area (Å²) in [6, 6.07) is 8.48. The van der Waals surface area contributed by atoms with Crippen LogP contribution in [0.1, 0.15) is 5.56 Å². The number of hydrogen-bond acceptors (Lipinski definition) is 5. The predicted octanol–water partition coefficient (Wildman–Crippen LogP) is 1.17. The molecule has 0 saturated carbocycles. The summed E-state index contributed by atoms with van der Waals surface area (Å²) >= 11 is 0. The van der Waals surface area contributed by atoms with E-state index >= 15 is 0 Å². The van der Waals surface area contributed by atoms with E-state index in [-0.39, 0.29) is 5.97 Å². The second-order valence-electron chi connectivity index (χ2n) is 5.21. The maximum Gasteiger partial charge on any atom is 0.319 e. The molecule has 1 saturated heterocycles. The van der Waals surface area contributed by atoms with Crippen LogP contribution in [0.3, 0.4) is 0 Å². The van der Waals surface area contributed by atoms with Crippen LogP contribution in [-0.2, 0) is 20.7 Å². The minimum atomic E-state index is -0.163. The monoisotopic (exact) mass is 292 g/mol. The number of piperazine rings is 1. The van der Waals surface area contributed by atoms with Crippen molar-refractivity contribution in [1.29, 1.82) is 0 Å². The summed E-state index contributed by atoms with van der Waals surface area (Å²) in [4.78, 5) is 15.8. The number of methoxy groups -OCH3 is 2. The number of para-hydroxylation sites is 1. The number of carbonyl (C=O) groups is 1. The van der Waals surface area contributed by atoms with E-state index in [0.717, 1.165) is 39.2 Å². The Morgan fingerprint density at radius 3 is 2.52 bits per heavy atom. The van der Waals surface area contributed by atoms with Gasteiger partial charge in [0.1, 0.15) is 0 Å². The molecule has 5 heteroatoms. The third-order valence-corrected chi connectivity index (χ3v) is 3.86. The lowest BCUT2D eigenvalue weighted by Gasteiger charge is -2.36. The maximum absolute atomic E-state index is 11.3. The van der Waals surface area contributed by atoms with E-state index in [0.29, 0.717) is 6.54 Å². The predicted molar refractivity (Wildman–Crippen MR) is 82.7 cm³/mol. The van der Waals surface area contributed by atoms with Crippen molar-refractivity contribution in [2.75, 3.05) is 58.5 Å². The van der Waals surface area contributed by atoms with Crippen LogP contribution in [0.15, 0.2) is 24.3 Å². The van der Waals surface area contributed by atoms with E-state index in [1.807, 2.05) is 0 Å². The van der Waals surface area contributed by atoms with Crippen molar-refractivity contribution in [2.45, 2.75) is 6.42 Å². The Balaban J connectivity index is 1.94. The molecule has 1 fully saturated rings. The van der Waals surface area contributed by atoms with Crippen LogP contribution in [0.5, 0.6) is 0 Å². The van der Waals surface area contributed by atoms with E-state index < -0.39 is 0 Å². The number of carbonyl (C=O) groups excluding carboxylic acids is 1. The lowest BCUT2D eigenvalue weighted by molar-refractivity contribution is -0.142. The van der Waals surface area contributed by atoms with Gasteiger partial charge in [-0.25, -0.2) is 0 Å². The van der Waals surface area contributed by atoms with Crippen LogP contribution >= 0.6 is 0 Å². The van der Waals surface area contributed by atoms with Crippen LogP contribution in [0.4, 0.5) is 5.69 Å². The fourth-order valence-corrected chi connectivity index (χ4v) is 2.64. The molecule has 1 aromatic carbocycles. The second kappa shape index (κ2) is 8.00. The number of rotatable bonds is 6. The Labute approximate surface area is 126 Å². The highest BCUT2D eigenvalue weighted by Crippen LogP contribution is 2.22. The third-order valence-electron chi connectivity index (χ3n) is 3.86. The summed E-state index contributed by atoms with van der Waals surface area (Å²) in [7, 11) is 3.17. The summed E-state index contributed by atoms with van der Waals surface area (Å²) in [5.41, 5.74) is 2.60. The first-order chi connectivity index (χ1) is 10.2. The highest BCUT2D eigenvalue weighted by molar-refractivity contribution is 5.71. The first kappa shape index (κ1) is 15.8. The molecule has 0 amide bonds. The Morgan fingerprint density at radius 1 is 1.14 bits per heavy atom. The molecule has 5 nitrogen and oxygen atoms in total. The highest BCUT2D eigenvalue weighted by Gasteiger charge is 2.20. The smallest absolute Gasteiger partial charge is 0.319 e. The number of hydrogen-bond donors (Lipinski definition) is 0. The van der Waals surface area contributed by atoms with Gasteiger partial charge in [0.2, 0.25) is 0 Å². The molecule has 0 radical (unpaired) electrons. The Hall–Kier alpha value is -1.59. The second-order valence-corrected chi connectivity index (χ2v) is 5.21. The van der Waals surface area contributed by atoms with Gasteiger partial charge in [-0.15, -0.1) is 0 Å². The zero-order valence-corrected chi connectivity index (χ0v) is 12.9. The molecule has 1 aromatic rings. The van der Waals surface area contributed by atoms with Crippen molar-refractivity contribution < 1.29 is 14.3 Å². The molecule has 21 heavy (non-hydrogen) atoms. The van der Waals surface area contributed by atoms with Crippen molar-refractivity contribution >= 4 is 11.7 Å². The average Bonchev–Trinajstić information content (AvgIpc) is 2.54. The minimum absolute atomic E-state index is 0.163.